The molecule has 0 radical (unpaired) electrons. The maximum Gasteiger partial charge on any atom is 0.251 e. The lowest BCUT2D eigenvalue weighted by atomic mass is 9.94. The van der Waals surface area contributed by atoms with E-state index < -0.39 is 126 Å². The number of fused-ring (bicyclic) bond motifs is 1. The number of carbonyl (C=O) groups is 11. The van der Waals surface area contributed by atoms with Gasteiger partial charge in [0.05, 0.1) is 24.1 Å². The van der Waals surface area contributed by atoms with Crippen LogP contribution in [0.15, 0.2) is 61.2 Å². The fourth-order valence-corrected chi connectivity index (χ4v) is 9.16. The molecule has 0 bridgehead atoms. The molecule has 4 aromatic rings. The number of nitrogens with zero attached hydrogens (tertiary/aromatic N) is 2. The van der Waals surface area contributed by atoms with Crippen molar-refractivity contribution in [3.05, 3.63) is 89.4 Å². The van der Waals surface area contributed by atoms with Gasteiger partial charge in [0.2, 0.25) is 59.1 Å². The summed E-state index contributed by atoms with van der Waals surface area (Å²) in [7, 11) is 0. The highest BCUT2D eigenvalue weighted by Gasteiger charge is 2.33. The third-order valence-electron chi connectivity index (χ3n) is 14.3. The number of primary amides is 2. The van der Waals surface area contributed by atoms with Gasteiger partial charge in [0.1, 0.15) is 48.1 Å². The lowest BCUT2D eigenvalue weighted by molar-refractivity contribution is -0.135. The van der Waals surface area contributed by atoms with Gasteiger partial charge in [0.15, 0.2) is 0 Å². The predicted molar refractivity (Wildman–Crippen MR) is 314 cm³/mol. The van der Waals surface area contributed by atoms with E-state index in [9.17, 15) is 57.1 Å². The van der Waals surface area contributed by atoms with Crippen LogP contribution in [-0.4, -0.2) is 135 Å². The Bertz CT molecular complexity index is 3050. The first-order valence-electron chi connectivity index (χ1n) is 28.8. The van der Waals surface area contributed by atoms with Gasteiger partial charge in [0, 0.05) is 73.6 Å². The van der Waals surface area contributed by atoms with Crippen LogP contribution in [0.2, 0.25) is 0 Å². The van der Waals surface area contributed by atoms with Crippen LogP contribution in [-0.2, 0) is 60.8 Å². The molecule has 27 heteroatoms. The molecule has 466 valence electrons. The zero-order valence-electron chi connectivity index (χ0n) is 49.7. The predicted octanol–water partition coefficient (Wildman–Crippen LogP) is 1.10. The molecule has 11 amide bonds. The molecule has 0 unspecified atom stereocenters. The zero-order valence-corrected chi connectivity index (χ0v) is 49.7. The second kappa shape index (κ2) is 34.5. The number of rotatable bonds is 36. The number of benzene rings is 2. The Morgan fingerprint density at radius 1 is 0.674 bits per heavy atom. The molecule has 2 aromatic heterocycles. The van der Waals surface area contributed by atoms with E-state index in [1.165, 1.54) is 19.3 Å². The van der Waals surface area contributed by atoms with E-state index in [-0.39, 0.29) is 80.9 Å². The quantitative estimate of drug-likeness (QED) is 0.0284. The molecule has 0 aliphatic carbocycles. The third kappa shape index (κ3) is 22.7. The van der Waals surface area contributed by atoms with E-state index in [2.05, 4.69) is 62.8 Å². The number of aromatic nitrogens is 3. The second-order valence-corrected chi connectivity index (χ2v) is 22.0. The molecule has 0 saturated carbocycles. The van der Waals surface area contributed by atoms with Crippen LogP contribution in [0, 0.1) is 34.9 Å². The number of carbonyl (C=O) groups excluding carboxylic acids is 11. The maximum atomic E-state index is 14.2. The fourth-order valence-electron chi connectivity index (χ4n) is 9.16. The van der Waals surface area contributed by atoms with Crippen molar-refractivity contribution in [1.82, 2.24) is 62.8 Å². The number of hydrogen-bond acceptors (Lipinski definition) is 13. The Kier molecular flexibility index (Phi) is 27.8. The summed E-state index contributed by atoms with van der Waals surface area (Å²) in [6.45, 7) is 11.8. The highest BCUT2D eigenvalue weighted by molar-refractivity contribution is 5.98. The molecule has 0 spiro atoms. The van der Waals surface area contributed by atoms with Crippen molar-refractivity contribution in [3.63, 3.8) is 0 Å². The van der Waals surface area contributed by atoms with Crippen LogP contribution in [0.1, 0.15) is 133 Å². The summed E-state index contributed by atoms with van der Waals surface area (Å²) in [5, 5.41) is 33.8. The highest BCUT2D eigenvalue weighted by Crippen LogP contribution is 2.20. The molecule has 2 heterocycles. The number of aromatic amines is 2. The van der Waals surface area contributed by atoms with Gasteiger partial charge < -0.3 is 69.3 Å². The Balaban J connectivity index is 1.40. The number of imidazole rings is 1. The Hall–Kier alpha value is -9.22. The first-order chi connectivity index (χ1) is 40.8. The molecule has 0 fully saturated rings. The van der Waals surface area contributed by atoms with Gasteiger partial charge in [-0.2, -0.15) is 5.26 Å². The molecule has 0 saturated heterocycles. The summed E-state index contributed by atoms with van der Waals surface area (Å²) < 4.78 is 13.7. The number of nitrogens with one attached hydrogen (secondary N) is 11. The molecular weight excluding hydrogens is 1110 g/mol. The Morgan fingerprint density at radius 3 is 1.99 bits per heavy atom. The number of unbranched alkanes of at least 4 members (excludes halogenated alkanes) is 1. The number of para-hydroxylation sites is 1. The first-order valence-corrected chi connectivity index (χ1v) is 28.8. The van der Waals surface area contributed by atoms with Crippen LogP contribution in [0.4, 0.5) is 4.39 Å². The summed E-state index contributed by atoms with van der Waals surface area (Å²) in [5.74, 6) is -8.92. The van der Waals surface area contributed by atoms with E-state index in [0.29, 0.717) is 30.5 Å². The van der Waals surface area contributed by atoms with E-state index in [1.807, 2.05) is 33.8 Å². The average molecular weight is 1200 g/mol. The van der Waals surface area contributed by atoms with Crippen LogP contribution >= 0.6 is 0 Å². The van der Waals surface area contributed by atoms with Crippen LogP contribution in [0.3, 0.4) is 0 Å². The number of hydrogen-bond donors (Lipinski definition) is 13. The highest BCUT2D eigenvalue weighted by atomic mass is 19.1. The monoisotopic (exact) mass is 1200 g/mol. The van der Waals surface area contributed by atoms with Crippen molar-refractivity contribution in [1.29, 1.82) is 5.26 Å². The van der Waals surface area contributed by atoms with Crippen molar-refractivity contribution in [2.24, 2.45) is 29.2 Å². The van der Waals surface area contributed by atoms with Gasteiger partial charge in [-0.3, -0.25) is 52.7 Å². The molecule has 2 aromatic carbocycles. The smallest absolute Gasteiger partial charge is 0.251 e. The summed E-state index contributed by atoms with van der Waals surface area (Å²) in [5.41, 5.74) is 12.5. The lowest BCUT2D eigenvalue weighted by Gasteiger charge is -2.28. The number of amides is 11. The third-order valence-corrected chi connectivity index (χ3v) is 14.3. The van der Waals surface area contributed by atoms with Crippen molar-refractivity contribution in [2.45, 2.75) is 161 Å². The van der Waals surface area contributed by atoms with Crippen LogP contribution in [0.5, 0.6) is 0 Å². The van der Waals surface area contributed by atoms with Crippen LogP contribution < -0.4 is 59.3 Å². The Labute approximate surface area is 498 Å². The largest absolute Gasteiger partial charge is 0.370 e. The van der Waals surface area contributed by atoms with Gasteiger partial charge in [-0.15, -0.1) is 0 Å². The van der Waals surface area contributed by atoms with Crippen molar-refractivity contribution >= 4 is 75.9 Å². The second-order valence-electron chi connectivity index (χ2n) is 22.0. The standard InChI is InChI=1S/C59H82FN15O11/c1-8-34(6)42(19-21-50(78)71-45(53(63)80)23-32(2)3)73-58(85)47(26-39-29-64-31-68-39)72-51(79)30-67-59(86)52(33(4)5)75-54(81)35(7)69-57(84)46(25-38-28-66-43-14-10-9-13-40(38)43)74-56(83)44(18-20-48(62)76)70-49(77)15-11-12-22-65-55(82)36-16-17-41(60)37(24-36)27-61/h9-10,13-14,16-17,24,28-29,31-35,42,44-47,52,66H,8,11-12,15,18-23,25-26,30H2,1-7H3,(H2,62,76)(H2,63,80)(H,64,68)(H,65,82)(H,67,86)(H,69,84)(H,70,77)(H,71,78)(H,72,79)(H,73,85)(H,74,83)(H,75,81)/t34-,35-,42+,44-,45-,46-,47-,52-/m0/s1. The molecule has 8 atom stereocenters. The molecule has 15 N–H and O–H groups in total. The number of nitriles is 1. The van der Waals surface area contributed by atoms with Crippen molar-refractivity contribution < 1.29 is 57.1 Å². The minimum Gasteiger partial charge on any atom is -0.370 e. The van der Waals surface area contributed by atoms with E-state index in [4.69, 9.17) is 16.7 Å². The lowest BCUT2D eigenvalue weighted by Crippen LogP contribution is -2.59. The fraction of sp³-hybridized carbons (Fsp3) is 0.508. The minimum absolute atomic E-state index is 0.0280. The zero-order chi connectivity index (χ0) is 63.6. The number of nitrogens with two attached hydrogens (primary N) is 2. The molecule has 4 rings (SSSR count). The van der Waals surface area contributed by atoms with Crippen LogP contribution in [0.25, 0.3) is 10.9 Å². The van der Waals surface area contributed by atoms with Crippen molar-refractivity contribution in [2.75, 3.05) is 13.1 Å². The summed E-state index contributed by atoms with van der Waals surface area (Å²) in [4.78, 5) is 156. The van der Waals surface area contributed by atoms with E-state index in [1.54, 1.807) is 50.5 Å². The Morgan fingerprint density at radius 2 is 1.34 bits per heavy atom. The van der Waals surface area contributed by atoms with E-state index in [0.717, 1.165) is 23.0 Å². The van der Waals surface area contributed by atoms with E-state index >= 15 is 0 Å². The molecule has 0 aliphatic rings. The minimum atomic E-state index is -1.38. The van der Waals surface area contributed by atoms with Gasteiger partial charge in [-0.1, -0.05) is 66.2 Å². The maximum absolute atomic E-state index is 14.2. The number of H-pyrrole nitrogens is 2. The van der Waals surface area contributed by atoms with Gasteiger partial charge in [0.25, 0.3) is 5.91 Å². The summed E-state index contributed by atoms with van der Waals surface area (Å²) >= 11 is 0. The topological polar surface area (TPSA) is 416 Å². The van der Waals surface area contributed by atoms with Gasteiger partial charge in [-0.05, 0) is 86.6 Å². The SMILES string of the molecule is CC[C@H](C)[C@@H](CCC(=O)N[C@@H](CC(C)C)C(N)=O)NC(=O)[C@H](Cc1c[nH]cn1)NC(=O)CNC(=O)[C@@H](NC(=O)[C@H](C)NC(=O)[C@H](Cc1c[nH]c2ccccc12)NC(=O)[C@H](CCC(N)=O)NC(=O)CCCCNC(=O)c1ccc(F)c(C#N)c1)C(C)C. The van der Waals surface area contributed by atoms with Gasteiger partial charge in [-0.25, -0.2) is 9.37 Å². The number of halogens is 1. The van der Waals surface area contributed by atoms with Gasteiger partial charge >= 0.3 is 0 Å². The van der Waals surface area contributed by atoms with Crippen molar-refractivity contribution in [3.8, 4) is 6.07 Å². The molecule has 86 heavy (non-hydrogen) atoms. The first kappa shape index (κ1) is 69.3. The normalized spacial score (nSPS) is 13.9. The molecule has 0 aliphatic heterocycles. The average Bonchev–Trinajstić information content (AvgIpc) is 3.59. The summed E-state index contributed by atoms with van der Waals surface area (Å²) in [6.07, 6.45) is 5.50. The summed E-state index contributed by atoms with van der Waals surface area (Å²) in [6, 6.07) is 4.35. The molecular formula is C59H82FN15O11. The molecule has 26 nitrogen and oxygen atoms in total.